The highest BCUT2D eigenvalue weighted by atomic mass is 16.6. The van der Waals surface area contributed by atoms with Crippen LogP contribution in [0.4, 0.5) is 0 Å². The van der Waals surface area contributed by atoms with Crippen LogP contribution in [0.1, 0.15) is 33.3 Å². The molecule has 0 saturated heterocycles. The van der Waals surface area contributed by atoms with E-state index >= 15 is 0 Å². The number of carbonyl (C=O) groups is 2. The van der Waals surface area contributed by atoms with Crippen LogP contribution in [0.25, 0.3) is 0 Å². The largest absolute Gasteiger partial charge is 0.458 e. The average molecular weight is 287 g/mol. The Hall–Kier alpha value is -2.28. The monoisotopic (exact) mass is 287 g/mol. The van der Waals surface area contributed by atoms with Crippen molar-refractivity contribution in [2.75, 3.05) is 0 Å². The number of ether oxygens (including phenoxy) is 1. The van der Waals surface area contributed by atoms with Gasteiger partial charge in [-0.25, -0.2) is 4.79 Å². The maximum atomic E-state index is 12.2. The molecule has 1 rings (SSSR count). The van der Waals surface area contributed by atoms with E-state index in [0.29, 0.717) is 6.42 Å². The lowest BCUT2D eigenvalue weighted by Crippen LogP contribution is -2.45. The summed E-state index contributed by atoms with van der Waals surface area (Å²) in [7, 11) is 0. The van der Waals surface area contributed by atoms with Crippen molar-refractivity contribution in [1.82, 2.24) is 5.32 Å². The molecule has 1 amide bonds. The van der Waals surface area contributed by atoms with E-state index in [9.17, 15) is 9.59 Å². The molecule has 0 aromatic heterocycles. The quantitative estimate of drug-likeness (QED) is 0.681. The van der Waals surface area contributed by atoms with E-state index in [1.165, 1.54) is 0 Å². The van der Waals surface area contributed by atoms with Crippen LogP contribution in [0.15, 0.2) is 30.3 Å². The third-order valence-electron chi connectivity index (χ3n) is 2.52. The van der Waals surface area contributed by atoms with Crippen molar-refractivity contribution < 1.29 is 14.3 Å². The molecular weight excluding hydrogens is 266 g/mol. The van der Waals surface area contributed by atoms with Gasteiger partial charge in [0.05, 0.1) is 0 Å². The molecular formula is C17H21NO3. The van der Waals surface area contributed by atoms with Crippen LogP contribution in [-0.2, 0) is 20.7 Å². The zero-order chi connectivity index (χ0) is 15.9. The standard InChI is InChI=1S/C17H21NO3/c1-5-9-15(19)18-14(16(20)21-17(2,3)4)12-13-10-7-6-8-11-13/h6-8,10-11,14H,12H2,1-4H3,(H,18,19). The van der Waals surface area contributed by atoms with Crippen molar-refractivity contribution >= 4 is 11.9 Å². The van der Waals surface area contributed by atoms with Gasteiger partial charge in [0, 0.05) is 6.42 Å². The molecule has 1 aromatic carbocycles. The number of hydrogen-bond acceptors (Lipinski definition) is 3. The molecule has 112 valence electrons. The average Bonchev–Trinajstić information content (AvgIpc) is 2.37. The van der Waals surface area contributed by atoms with Gasteiger partial charge in [0.25, 0.3) is 5.91 Å². The van der Waals surface area contributed by atoms with Crippen molar-refractivity contribution in [3.05, 3.63) is 35.9 Å². The first-order valence-electron chi connectivity index (χ1n) is 6.82. The van der Waals surface area contributed by atoms with E-state index in [1.54, 1.807) is 27.7 Å². The second-order valence-corrected chi connectivity index (χ2v) is 5.62. The highest BCUT2D eigenvalue weighted by molar-refractivity contribution is 5.96. The summed E-state index contributed by atoms with van der Waals surface area (Å²) in [6.07, 6.45) is 0.368. The third kappa shape index (κ3) is 6.62. The highest BCUT2D eigenvalue weighted by Crippen LogP contribution is 2.11. The lowest BCUT2D eigenvalue weighted by molar-refractivity contribution is -0.158. The SMILES string of the molecule is CC#CC(=O)NC(Cc1ccccc1)C(=O)OC(C)(C)C. The zero-order valence-corrected chi connectivity index (χ0v) is 12.9. The molecule has 21 heavy (non-hydrogen) atoms. The molecule has 1 atom stereocenters. The minimum Gasteiger partial charge on any atom is -0.458 e. The predicted molar refractivity (Wildman–Crippen MR) is 81.4 cm³/mol. The van der Waals surface area contributed by atoms with Gasteiger partial charge >= 0.3 is 5.97 Å². The van der Waals surface area contributed by atoms with E-state index in [0.717, 1.165) is 5.56 Å². The molecule has 0 aliphatic heterocycles. The number of amides is 1. The molecule has 0 heterocycles. The molecule has 4 nitrogen and oxygen atoms in total. The van der Waals surface area contributed by atoms with Crippen LogP contribution < -0.4 is 5.32 Å². The van der Waals surface area contributed by atoms with Crippen molar-refractivity contribution in [3.63, 3.8) is 0 Å². The molecule has 1 unspecified atom stereocenters. The fourth-order valence-electron chi connectivity index (χ4n) is 1.72. The molecule has 4 heteroatoms. The number of nitrogens with one attached hydrogen (secondary N) is 1. The summed E-state index contributed by atoms with van der Waals surface area (Å²) in [4.78, 5) is 23.8. The second kappa shape index (κ2) is 7.49. The maximum absolute atomic E-state index is 12.2. The first-order chi connectivity index (χ1) is 9.81. The van der Waals surface area contributed by atoms with Crippen molar-refractivity contribution in [1.29, 1.82) is 0 Å². The normalized spacial score (nSPS) is 11.8. The first kappa shape index (κ1) is 16.8. The van der Waals surface area contributed by atoms with Gasteiger partial charge in [-0.2, -0.15) is 0 Å². The van der Waals surface area contributed by atoms with Gasteiger partial charge in [-0.15, -0.1) is 0 Å². The Morgan fingerprint density at radius 3 is 2.38 bits per heavy atom. The lowest BCUT2D eigenvalue weighted by atomic mass is 10.1. The molecule has 1 aromatic rings. The van der Waals surface area contributed by atoms with Crippen molar-refractivity contribution in [2.24, 2.45) is 0 Å². The van der Waals surface area contributed by atoms with Crippen LogP contribution in [-0.4, -0.2) is 23.5 Å². The van der Waals surface area contributed by atoms with E-state index in [-0.39, 0.29) is 0 Å². The second-order valence-electron chi connectivity index (χ2n) is 5.62. The summed E-state index contributed by atoms with van der Waals surface area (Å²) in [5.41, 5.74) is 0.339. The van der Waals surface area contributed by atoms with Crippen molar-refractivity contribution in [3.8, 4) is 11.8 Å². The van der Waals surface area contributed by atoms with E-state index in [1.807, 2.05) is 30.3 Å². The summed E-state index contributed by atoms with van der Waals surface area (Å²) in [5.74, 6) is 3.94. The molecule has 0 aliphatic carbocycles. The van der Waals surface area contributed by atoms with Gasteiger partial charge in [-0.1, -0.05) is 36.3 Å². The molecule has 0 bridgehead atoms. The Morgan fingerprint density at radius 1 is 1.24 bits per heavy atom. The number of esters is 1. The highest BCUT2D eigenvalue weighted by Gasteiger charge is 2.26. The van der Waals surface area contributed by atoms with Gasteiger partial charge < -0.3 is 10.1 Å². The van der Waals surface area contributed by atoms with Crippen molar-refractivity contribution in [2.45, 2.75) is 45.8 Å². The lowest BCUT2D eigenvalue weighted by Gasteiger charge is -2.24. The molecule has 0 spiro atoms. The molecule has 0 radical (unpaired) electrons. The summed E-state index contributed by atoms with van der Waals surface area (Å²) in [6.45, 7) is 6.94. The zero-order valence-electron chi connectivity index (χ0n) is 12.9. The fourth-order valence-corrected chi connectivity index (χ4v) is 1.72. The summed E-state index contributed by atoms with van der Waals surface area (Å²) in [6, 6.07) is 8.71. The van der Waals surface area contributed by atoms with E-state index < -0.39 is 23.5 Å². The van der Waals surface area contributed by atoms with Crippen LogP contribution in [0, 0.1) is 11.8 Å². The Labute approximate surface area is 125 Å². The third-order valence-corrected chi connectivity index (χ3v) is 2.52. The van der Waals surface area contributed by atoms with E-state index in [4.69, 9.17) is 4.74 Å². The molecule has 0 fully saturated rings. The smallest absolute Gasteiger partial charge is 0.329 e. The van der Waals surface area contributed by atoms with Gasteiger partial charge in [0.1, 0.15) is 11.6 Å². The topological polar surface area (TPSA) is 55.4 Å². The maximum Gasteiger partial charge on any atom is 0.329 e. The molecule has 1 N–H and O–H groups in total. The number of hydrogen-bond donors (Lipinski definition) is 1. The van der Waals surface area contributed by atoms with Gasteiger partial charge in [-0.3, -0.25) is 4.79 Å². The Bertz CT molecular complexity index is 547. The first-order valence-corrected chi connectivity index (χ1v) is 6.82. The van der Waals surface area contributed by atoms with E-state index in [2.05, 4.69) is 17.2 Å². The van der Waals surface area contributed by atoms with Crippen LogP contribution >= 0.6 is 0 Å². The number of benzene rings is 1. The van der Waals surface area contributed by atoms with Gasteiger partial charge in [-0.05, 0) is 39.2 Å². The summed E-state index contributed by atoms with van der Waals surface area (Å²) >= 11 is 0. The minimum atomic E-state index is -0.750. The fraction of sp³-hybridized carbons (Fsp3) is 0.412. The minimum absolute atomic E-state index is 0.368. The predicted octanol–water partition coefficient (Wildman–Crippen LogP) is 2.08. The summed E-state index contributed by atoms with van der Waals surface area (Å²) < 4.78 is 5.35. The molecule has 0 aliphatic rings. The van der Waals surface area contributed by atoms with Crippen LogP contribution in [0.5, 0.6) is 0 Å². The Balaban J connectivity index is 2.85. The Morgan fingerprint density at radius 2 is 1.86 bits per heavy atom. The van der Waals surface area contributed by atoms with Crippen LogP contribution in [0.2, 0.25) is 0 Å². The molecule has 0 saturated carbocycles. The van der Waals surface area contributed by atoms with Gasteiger partial charge in [0.15, 0.2) is 0 Å². The van der Waals surface area contributed by atoms with Gasteiger partial charge in [0.2, 0.25) is 0 Å². The number of carbonyl (C=O) groups excluding carboxylic acids is 2. The van der Waals surface area contributed by atoms with Crippen LogP contribution in [0.3, 0.4) is 0 Å². The summed E-state index contributed by atoms with van der Waals surface area (Å²) in [5, 5.41) is 2.60. The number of rotatable bonds is 4. The Kier molecular flexibility index (Phi) is 5.98.